The standard InChI is InChI=1S/C13H12FN3O/c14-11-3-1-2-10(12(11)15)13(18)17-8-9-4-6-16-7-5-9/h1-7H,8,15H2,(H,17,18). The predicted molar refractivity (Wildman–Crippen MR) is 66.2 cm³/mol. The highest BCUT2D eigenvalue weighted by Crippen LogP contribution is 2.15. The van der Waals surface area contributed by atoms with Crippen molar-refractivity contribution in [2.45, 2.75) is 6.54 Å². The Morgan fingerprint density at radius 1 is 1.28 bits per heavy atom. The zero-order valence-corrected chi connectivity index (χ0v) is 9.56. The highest BCUT2D eigenvalue weighted by molar-refractivity contribution is 5.99. The van der Waals surface area contributed by atoms with Gasteiger partial charge in [0.05, 0.1) is 11.3 Å². The zero-order valence-electron chi connectivity index (χ0n) is 9.56. The predicted octanol–water partition coefficient (Wildman–Crippen LogP) is 1.73. The molecule has 1 amide bonds. The van der Waals surface area contributed by atoms with Crippen LogP contribution in [0.1, 0.15) is 15.9 Å². The average Bonchev–Trinajstić information content (AvgIpc) is 2.40. The van der Waals surface area contributed by atoms with Gasteiger partial charge in [-0.15, -0.1) is 0 Å². The second-order valence-electron chi connectivity index (χ2n) is 3.74. The maximum absolute atomic E-state index is 13.2. The van der Waals surface area contributed by atoms with Crippen LogP contribution in [0.2, 0.25) is 0 Å². The van der Waals surface area contributed by atoms with E-state index >= 15 is 0 Å². The van der Waals surface area contributed by atoms with Crippen LogP contribution in [0, 0.1) is 5.82 Å². The van der Waals surface area contributed by atoms with E-state index in [4.69, 9.17) is 5.73 Å². The summed E-state index contributed by atoms with van der Waals surface area (Å²) in [7, 11) is 0. The molecule has 1 aromatic carbocycles. The van der Waals surface area contributed by atoms with Crippen molar-refractivity contribution >= 4 is 11.6 Å². The van der Waals surface area contributed by atoms with Crippen LogP contribution in [0.15, 0.2) is 42.7 Å². The van der Waals surface area contributed by atoms with Gasteiger partial charge in [-0.2, -0.15) is 0 Å². The van der Waals surface area contributed by atoms with E-state index < -0.39 is 11.7 Å². The first-order valence-corrected chi connectivity index (χ1v) is 5.39. The van der Waals surface area contributed by atoms with Crippen LogP contribution < -0.4 is 11.1 Å². The maximum atomic E-state index is 13.2. The number of para-hydroxylation sites is 1. The number of hydrogen-bond acceptors (Lipinski definition) is 3. The smallest absolute Gasteiger partial charge is 0.253 e. The third-order valence-electron chi connectivity index (χ3n) is 2.50. The van der Waals surface area contributed by atoms with Gasteiger partial charge in [0.15, 0.2) is 0 Å². The number of nitrogens with two attached hydrogens (primary N) is 1. The summed E-state index contributed by atoms with van der Waals surface area (Å²) in [5, 5.41) is 2.67. The third-order valence-corrected chi connectivity index (χ3v) is 2.50. The van der Waals surface area contributed by atoms with Crippen molar-refractivity contribution in [3.05, 3.63) is 59.7 Å². The lowest BCUT2D eigenvalue weighted by molar-refractivity contribution is 0.0951. The number of nitrogens with one attached hydrogen (secondary N) is 1. The lowest BCUT2D eigenvalue weighted by atomic mass is 10.1. The highest BCUT2D eigenvalue weighted by Gasteiger charge is 2.11. The number of carbonyl (C=O) groups excluding carboxylic acids is 1. The number of benzene rings is 1. The van der Waals surface area contributed by atoms with E-state index in [1.807, 2.05) is 0 Å². The number of amides is 1. The Bertz CT molecular complexity index is 557. The van der Waals surface area contributed by atoms with Gasteiger partial charge in [0.2, 0.25) is 0 Å². The van der Waals surface area contributed by atoms with Crippen molar-refractivity contribution < 1.29 is 9.18 Å². The molecule has 1 aromatic heterocycles. The average molecular weight is 245 g/mol. The summed E-state index contributed by atoms with van der Waals surface area (Å²) in [6, 6.07) is 7.73. The number of hydrogen-bond donors (Lipinski definition) is 2. The molecule has 0 unspecified atom stereocenters. The molecule has 0 bridgehead atoms. The Morgan fingerprint density at radius 3 is 2.72 bits per heavy atom. The number of halogens is 1. The quantitative estimate of drug-likeness (QED) is 0.809. The van der Waals surface area contributed by atoms with E-state index in [1.54, 1.807) is 24.5 Å². The lowest BCUT2D eigenvalue weighted by Crippen LogP contribution is -2.24. The number of anilines is 1. The van der Waals surface area contributed by atoms with E-state index in [-0.39, 0.29) is 11.3 Å². The fourth-order valence-electron chi connectivity index (χ4n) is 1.51. The summed E-state index contributed by atoms with van der Waals surface area (Å²) in [5.74, 6) is -0.990. The van der Waals surface area contributed by atoms with Crippen LogP contribution in [-0.4, -0.2) is 10.9 Å². The van der Waals surface area contributed by atoms with Gasteiger partial charge in [-0.05, 0) is 29.8 Å². The molecule has 0 saturated carbocycles. The molecule has 0 radical (unpaired) electrons. The molecule has 1 heterocycles. The Labute approximate surface area is 104 Å². The Kier molecular flexibility index (Phi) is 3.52. The van der Waals surface area contributed by atoms with E-state index in [2.05, 4.69) is 10.3 Å². The first-order chi connectivity index (χ1) is 8.68. The second kappa shape index (κ2) is 5.27. The fraction of sp³-hybridized carbons (Fsp3) is 0.0769. The van der Waals surface area contributed by atoms with Gasteiger partial charge in [0.25, 0.3) is 5.91 Å². The summed E-state index contributed by atoms with van der Waals surface area (Å²) in [6.45, 7) is 0.345. The summed E-state index contributed by atoms with van der Waals surface area (Å²) >= 11 is 0. The Hall–Kier alpha value is -2.43. The van der Waals surface area contributed by atoms with Crippen LogP contribution in [0.3, 0.4) is 0 Å². The summed E-state index contributed by atoms with van der Waals surface area (Å²) in [4.78, 5) is 15.7. The van der Waals surface area contributed by atoms with Gasteiger partial charge >= 0.3 is 0 Å². The molecule has 0 aliphatic carbocycles. The van der Waals surface area contributed by atoms with Gasteiger partial charge < -0.3 is 11.1 Å². The van der Waals surface area contributed by atoms with Gasteiger partial charge in [-0.25, -0.2) is 4.39 Å². The first-order valence-electron chi connectivity index (χ1n) is 5.39. The molecule has 0 aliphatic heterocycles. The van der Waals surface area contributed by atoms with Crippen LogP contribution >= 0.6 is 0 Å². The summed E-state index contributed by atoms with van der Waals surface area (Å²) in [5.41, 5.74) is 6.43. The topological polar surface area (TPSA) is 68.0 Å². The Morgan fingerprint density at radius 2 is 2.00 bits per heavy atom. The first kappa shape index (κ1) is 12.0. The SMILES string of the molecule is Nc1c(F)cccc1C(=O)NCc1ccncc1. The monoisotopic (exact) mass is 245 g/mol. The minimum atomic E-state index is -0.591. The number of pyridine rings is 1. The number of carbonyl (C=O) groups is 1. The summed E-state index contributed by atoms with van der Waals surface area (Å²) < 4.78 is 13.2. The number of rotatable bonds is 3. The number of nitrogens with zero attached hydrogens (tertiary/aromatic N) is 1. The Balaban J connectivity index is 2.07. The minimum Gasteiger partial charge on any atom is -0.396 e. The van der Waals surface area contributed by atoms with E-state index in [9.17, 15) is 9.18 Å². The molecule has 0 aliphatic rings. The molecule has 0 spiro atoms. The second-order valence-corrected chi connectivity index (χ2v) is 3.74. The normalized spacial score (nSPS) is 10.1. The number of aromatic nitrogens is 1. The van der Waals surface area contributed by atoms with Crippen LogP contribution in [0.5, 0.6) is 0 Å². The number of nitrogen functional groups attached to an aromatic ring is 1. The van der Waals surface area contributed by atoms with Crippen molar-refractivity contribution in [1.29, 1.82) is 0 Å². The molecule has 2 aromatic rings. The minimum absolute atomic E-state index is 0.135. The molecule has 2 rings (SSSR count). The van der Waals surface area contributed by atoms with Gasteiger partial charge in [0.1, 0.15) is 5.82 Å². The van der Waals surface area contributed by atoms with E-state index in [1.165, 1.54) is 18.2 Å². The van der Waals surface area contributed by atoms with Crippen LogP contribution in [0.25, 0.3) is 0 Å². The highest BCUT2D eigenvalue weighted by atomic mass is 19.1. The molecule has 4 nitrogen and oxygen atoms in total. The van der Waals surface area contributed by atoms with Crippen molar-refractivity contribution in [3.8, 4) is 0 Å². The maximum Gasteiger partial charge on any atom is 0.253 e. The van der Waals surface area contributed by atoms with Crippen molar-refractivity contribution in [2.24, 2.45) is 0 Å². The molecule has 0 fully saturated rings. The van der Waals surface area contributed by atoms with Crippen LogP contribution in [0.4, 0.5) is 10.1 Å². The van der Waals surface area contributed by atoms with Crippen molar-refractivity contribution in [1.82, 2.24) is 10.3 Å². The molecule has 3 N–H and O–H groups in total. The molecule has 92 valence electrons. The molecule has 5 heteroatoms. The zero-order chi connectivity index (χ0) is 13.0. The lowest BCUT2D eigenvalue weighted by Gasteiger charge is -2.07. The van der Waals surface area contributed by atoms with Crippen LogP contribution in [-0.2, 0) is 6.54 Å². The van der Waals surface area contributed by atoms with Gasteiger partial charge in [-0.3, -0.25) is 9.78 Å². The largest absolute Gasteiger partial charge is 0.396 e. The molecule has 0 atom stereocenters. The van der Waals surface area contributed by atoms with Crippen molar-refractivity contribution in [2.75, 3.05) is 5.73 Å². The third kappa shape index (κ3) is 2.63. The van der Waals surface area contributed by atoms with Gasteiger partial charge in [-0.1, -0.05) is 6.07 Å². The molecule has 18 heavy (non-hydrogen) atoms. The molecular weight excluding hydrogens is 233 g/mol. The van der Waals surface area contributed by atoms with E-state index in [0.717, 1.165) is 5.56 Å². The molecule has 0 saturated heterocycles. The summed E-state index contributed by atoms with van der Waals surface area (Å²) in [6.07, 6.45) is 3.27. The fourth-order valence-corrected chi connectivity index (χ4v) is 1.51. The molecular formula is C13H12FN3O. The van der Waals surface area contributed by atoms with Gasteiger partial charge in [0, 0.05) is 18.9 Å². The van der Waals surface area contributed by atoms with Crippen molar-refractivity contribution in [3.63, 3.8) is 0 Å². The van der Waals surface area contributed by atoms with E-state index in [0.29, 0.717) is 6.54 Å².